The first-order chi connectivity index (χ1) is 6.22. The molecule has 0 radical (unpaired) electrons. The molecule has 0 amide bonds. The minimum Gasteiger partial charge on any atom is -0.398 e. The first-order valence-electron chi connectivity index (χ1n) is 4.26. The summed E-state index contributed by atoms with van der Waals surface area (Å²) < 4.78 is 5.38. The number of hydrogen-bond acceptors (Lipinski definition) is 3. The van der Waals surface area contributed by atoms with Crippen LogP contribution in [0.4, 0.5) is 5.69 Å². The van der Waals surface area contributed by atoms with E-state index in [0.29, 0.717) is 5.69 Å². The number of nitrogens with two attached hydrogens (primary N) is 2. The number of rotatable bonds is 0. The van der Waals surface area contributed by atoms with Gasteiger partial charge in [-0.15, -0.1) is 0 Å². The topological polar surface area (TPSA) is 64.6 Å². The monoisotopic (exact) mass is 174 g/mol. The lowest BCUT2D eigenvalue weighted by molar-refractivity contribution is 0.310. The van der Waals surface area contributed by atoms with E-state index in [4.69, 9.17) is 16.2 Å². The van der Waals surface area contributed by atoms with Gasteiger partial charge in [0.15, 0.2) is 5.72 Å². The van der Waals surface area contributed by atoms with Crippen molar-refractivity contribution in [3.63, 3.8) is 0 Å². The van der Waals surface area contributed by atoms with E-state index in [-0.39, 0.29) is 6.10 Å². The van der Waals surface area contributed by atoms with Crippen molar-refractivity contribution < 1.29 is 4.74 Å². The van der Waals surface area contributed by atoms with E-state index in [1.54, 1.807) is 0 Å². The molecular formula is C10H10N2O. The van der Waals surface area contributed by atoms with Crippen LogP contribution in [0.5, 0.6) is 0 Å². The molecule has 2 atom stereocenters. The maximum atomic E-state index is 6.01. The second-order valence-electron chi connectivity index (χ2n) is 3.50. The van der Waals surface area contributed by atoms with Crippen molar-refractivity contribution in [3.8, 4) is 0 Å². The fraction of sp³-hybridized carbons (Fsp3) is 0.200. The van der Waals surface area contributed by atoms with Gasteiger partial charge in [0.25, 0.3) is 0 Å². The molecule has 1 aromatic carbocycles. The largest absolute Gasteiger partial charge is 0.398 e. The number of anilines is 1. The highest BCUT2D eigenvalue weighted by molar-refractivity contribution is 5.69. The van der Waals surface area contributed by atoms with Crippen LogP contribution in [-0.2, 0) is 10.5 Å². The maximum absolute atomic E-state index is 6.01. The van der Waals surface area contributed by atoms with Crippen LogP contribution in [0, 0.1) is 0 Å². The summed E-state index contributed by atoms with van der Waals surface area (Å²) >= 11 is 0. The quantitative estimate of drug-likeness (QED) is 0.451. The molecule has 1 heterocycles. The number of epoxide rings is 1. The van der Waals surface area contributed by atoms with Crippen molar-refractivity contribution in [2.75, 3.05) is 5.73 Å². The molecule has 1 saturated heterocycles. The van der Waals surface area contributed by atoms with E-state index in [1.807, 2.05) is 30.4 Å². The van der Waals surface area contributed by atoms with Crippen LogP contribution >= 0.6 is 0 Å². The Morgan fingerprint density at radius 3 is 3.08 bits per heavy atom. The highest BCUT2D eigenvalue weighted by Gasteiger charge is 2.56. The van der Waals surface area contributed by atoms with Gasteiger partial charge >= 0.3 is 0 Å². The lowest BCUT2D eigenvalue weighted by atomic mass is 9.92. The van der Waals surface area contributed by atoms with Crippen molar-refractivity contribution in [3.05, 3.63) is 35.4 Å². The standard InChI is InChI=1S/C10H10N2O/c11-7-3-1-2-6-4-5-8-10(12,13-8)9(6)7/h1-5,8H,11-12H2. The van der Waals surface area contributed by atoms with Crippen molar-refractivity contribution in [1.82, 2.24) is 0 Å². The summed E-state index contributed by atoms with van der Waals surface area (Å²) in [7, 11) is 0. The molecule has 3 nitrogen and oxygen atoms in total. The van der Waals surface area contributed by atoms with Gasteiger partial charge in [0.2, 0.25) is 0 Å². The zero-order valence-corrected chi connectivity index (χ0v) is 7.03. The Hall–Kier alpha value is -1.32. The van der Waals surface area contributed by atoms with Gasteiger partial charge in [-0.3, -0.25) is 5.73 Å². The van der Waals surface area contributed by atoms with Crippen molar-refractivity contribution in [1.29, 1.82) is 0 Å². The van der Waals surface area contributed by atoms with Gasteiger partial charge in [-0.25, -0.2) is 0 Å². The van der Waals surface area contributed by atoms with Crippen molar-refractivity contribution in [2.45, 2.75) is 11.8 Å². The maximum Gasteiger partial charge on any atom is 0.176 e. The fourth-order valence-corrected chi connectivity index (χ4v) is 1.93. The molecule has 1 aliphatic carbocycles. The molecule has 2 unspecified atom stereocenters. The number of hydrogen-bond donors (Lipinski definition) is 2. The molecule has 4 N–H and O–H groups in total. The molecule has 1 aromatic rings. The number of ether oxygens (including phenoxy) is 1. The normalized spacial score (nSPS) is 33.8. The van der Waals surface area contributed by atoms with Crippen LogP contribution in [-0.4, -0.2) is 6.10 Å². The minimum atomic E-state index is -0.643. The van der Waals surface area contributed by atoms with Crippen LogP contribution in [0.15, 0.2) is 24.3 Å². The molecule has 2 aliphatic rings. The summed E-state index contributed by atoms with van der Waals surface area (Å²) in [6.07, 6.45) is 4.00. The molecule has 0 aromatic heterocycles. The van der Waals surface area contributed by atoms with Gasteiger partial charge in [0.05, 0.1) is 0 Å². The summed E-state index contributed by atoms with van der Waals surface area (Å²) in [5.74, 6) is 0. The van der Waals surface area contributed by atoms with Gasteiger partial charge in [-0.1, -0.05) is 24.3 Å². The Labute approximate surface area is 76.0 Å². The molecule has 1 aliphatic heterocycles. The number of nitrogen functional groups attached to an aromatic ring is 1. The van der Waals surface area contributed by atoms with Gasteiger partial charge in [0, 0.05) is 11.3 Å². The molecule has 66 valence electrons. The lowest BCUT2D eigenvalue weighted by Gasteiger charge is -2.15. The molecule has 1 fully saturated rings. The summed E-state index contributed by atoms with van der Waals surface area (Å²) in [5, 5.41) is 0. The smallest absolute Gasteiger partial charge is 0.176 e. The highest BCUT2D eigenvalue weighted by Crippen LogP contribution is 2.48. The molecule has 0 bridgehead atoms. The van der Waals surface area contributed by atoms with Crippen LogP contribution in [0.3, 0.4) is 0 Å². The molecule has 3 heteroatoms. The first-order valence-corrected chi connectivity index (χ1v) is 4.26. The average molecular weight is 174 g/mol. The first kappa shape index (κ1) is 7.12. The second kappa shape index (κ2) is 1.95. The van der Waals surface area contributed by atoms with E-state index < -0.39 is 5.72 Å². The van der Waals surface area contributed by atoms with Gasteiger partial charge in [0.1, 0.15) is 6.10 Å². The van der Waals surface area contributed by atoms with Crippen LogP contribution in [0.1, 0.15) is 11.1 Å². The van der Waals surface area contributed by atoms with Crippen LogP contribution < -0.4 is 11.5 Å². The molecule has 0 spiro atoms. The molecular weight excluding hydrogens is 164 g/mol. The van der Waals surface area contributed by atoms with Crippen molar-refractivity contribution in [2.24, 2.45) is 5.73 Å². The van der Waals surface area contributed by atoms with Gasteiger partial charge in [-0.05, 0) is 11.6 Å². The van der Waals surface area contributed by atoms with Gasteiger partial charge < -0.3 is 10.5 Å². The SMILES string of the molecule is Nc1cccc2c1C1(N)OC1C=C2. The van der Waals surface area contributed by atoms with Gasteiger partial charge in [-0.2, -0.15) is 0 Å². The van der Waals surface area contributed by atoms with Crippen molar-refractivity contribution >= 4 is 11.8 Å². The molecule has 0 saturated carbocycles. The Bertz CT molecular complexity index is 413. The zero-order chi connectivity index (χ0) is 9.05. The zero-order valence-electron chi connectivity index (χ0n) is 7.03. The second-order valence-corrected chi connectivity index (χ2v) is 3.50. The fourth-order valence-electron chi connectivity index (χ4n) is 1.93. The third kappa shape index (κ3) is 0.753. The summed E-state index contributed by atoms with van der Waals surface area (Å²) in [5.41, 5.74) is 13.9. The van der Waals surface area contributed by atoms with Crippen LogP contribution in [0.2, 0.25) is 0 Å². The lowest BCUT2D eigenvalue weighted by Crippen LogP contribution is -2.27. The average Bonchev–Trinajstić information content (AvgIpc) is 2.76. The van der Waals surface area contributed by atoms with E-state index >= 15 is 0 Å². The summed E-state index contributed by atoms with van der Waals surface area (Å²) in [6, 6.07) is 5.77. The van der Waals surface area contributed by atoms with E-state index in [0.717, 1.165) is 11.1 Å². The number of benzene rings is 1. The third-order valence-corrected chi connectivity index (χ3v) is 2.66. The Morgan fingerprint density at radius 1 is 1.38 bits per heavy atom. The van der Waals surface area contributed by atoms with Crippen LogP contribution in [0.25, 0.3) is 6.08 Å². The summed E-state index contributed by atoms with van der Waals surface area (Å²) in [6.45, 7) is 0. The highest BCUT2D eigenvalue weighted by atomic mass is 16.6. The van der Waals surface area contributed by atoms with E-state index in [9.17, 15) is 0 Å². The van der Waals surface area contributed by atoms with E-state index in [2.05, 4.69) is 0 Å². The third-order valence-electron chi connectivity index (χ3n) is 2.66. The Balaban J connectivity index is 2.31. The molecule has 3 rings (SSSR count). The predicted molar refractivity (Wildman–Crippen MR) is 50.6 cm³/mol. The predicted octanol–water partition coefficient (Wildman–Crippen LogP) is 0.806. The Morgan fingerprint density at radius 2 is 2.23 bits per heavy atom. The Kier molecular flexibility index (Phi) is 1.07. The summed E-state index contributed by atoms with van der Waals surface area (Å²) in [4.78, 5) is 0. The van der Waals surface area contributed by atoms with E-state index in [1.165, 1.54) is 0 Å². The molecule has 13 heavy (non-hydrogen) atoms. The minimum absolute atomic E-state index is 0.0182. The number of fused-ring (bicyclic) bond motifs is 3.